The third-order valence-electron chi connectivity index (χ3n) is 4.03. The number of rotatable bonds is 9. The average Bonchev–Trinajstić information content (AvgIpc) is 2.68. The van der Waals surface area contributed by atoms with Gasteiger partial charge in [-0.3, -0.25) is 9.59 Å². The summed E-state index contributed by atoms with van der Waals surface area (Å²) in [6.07, 6.45) is 0.111. The highest BCUT2D eigenvalue weighted by molar-refractivity contribution is 5.84. The van der Waals surface area contributed by atoms with Gasteiger partial charge < -0.3 is 19.1 Å². The number of methoxy groups -OCH3 is 2. The van der Waals surface area contributed by atoms with Gasteiger partial charge in [-0.1, -0.05) is 36.4 Å². The molecule has 0 unspecified atom stereocenters. The van der Waals surface area contributed by atoms with Crippen molar-refractivity contribution in [2.24, 2.45) is 0 Å². The molecule has 0 N–H and O–H groups in total. The van der Waals surface area contributed by atoms with Crippen LogP contribution in [0.1, 0.15) is 18.1 Å². The Morgan fingerprint density at radius 2 is 1.74 bits per heavy atom. The van der Waals surface area contributed by atoms with Crippen LogP contribution in [0.25, 0.3) is 0 Å². The Balaban J connectivity index is 2.18. The van der Waals surface area contributed by atoms with Crippen molar-refractivity contribution >= 4 is 11.9 Å². The van der Waals surface area contributed by atoms with E-state index in [2.05, 4.69) is 0 Å². The quantitative estimate of drug-likeness (QED) is 0.634. The molecule has 0 spiro atoms. The minimum absolute atomic E-state index is 0.0972. The molecule has 6 nitrogen and oxygen atoms in total. The molecule has 0 aliphatic heterocycles. The molecule has 0 aliphatic rings. The molecule has 0 aromatic heterocycles. The summed E-state index contributed by atoms with van der Waals surface area (Å²) in [5.74, 6) is 0.605. The van der Waals surface area contributed by atoms with Gasteiger partial charge in [0.2, 0.25) is 5.91 Å². The molecule has 2 rings (SSSR count). The Hall–Kier alpha value is -3.02. The molecule has 6 heteroatoms. The summed E-state index contributed by atoms with van der Waals surface area (Å²) < 4.78 is 15.6. The number of amides is 1. The first-order chi connectivity index (χ1) is 13.1. The van der Waals surface area contributed by atoms with Crippen LogP contribution in [0.2, 0.25) is 0 Å². The molecule has 0 saturated heterocycles. The predicted molar refractivity (Wildman–Crippen MR) is 102 cm³/mol. The largest absolute Gasteiger partial charge is 0.497 e. The van der Waals surface area contributed by atoms with Crippen molar-refractivity contribution in [2.75, 3.05) is 27.4 Å². The van der Waals surface area contributed by atoms with Crippen molar-refractivity contribution in [3.05, 3.63) is 59.7 Å². The maximum atomic E-state index is 12.9. The molecule has 0 fully saturated rings. The molecule has 2 aromatic carbocycles. The Bertz CT molecular complexity index is 760. The summed E-state index contributed by atoms with van der Waals surface area (Å²) in [5.41, 5.74) is 1.67. The van der Waals surface area contributed by atoms with E-state index in [1.54, 1.807) is 39.3 Å². The van der Waals surface area contributed by atoms with Gasteiger partial charge >= 0.3 is 5.97 Å². The molecule has 0 radical (unpaired) electrons. The zero-order valence-corrected chi connectivity index (χ0v) is 15.9. The molecule has 0 atom stereocenters. The first-order valence-corrected chi connectivity index (χ1v) is 8.75. The minimum Gasteiger partial charge on any atom is -0.497 e. The second kappa shape index (κ2) is 10.2. The number of esters is 1. The van der Waals surface area contributed by atoms with Crippen molar-refractivity contribution in [3.63, 3.8) is 0 Å². The van der Waals surface area contributed by atoms with Crippen molar-refractivity contribution < 1.29 is 23.8 Å². The van der Waals surface area contributed by atoms with Crippen molar-refractivity contribution in [2.45, 2.75) is 19.9 Å². The second-order valence-corrected chi connectivity index (χ2v) is 5.89. The van der Waals surface area contributed by atoms with Crippen LogP contribution in [0.4, 0.5) is 0 Å². The van der Waals surface area contributed by atoms with Gasteiger partial charge in [-0.05, 0) is 18.6 Å². The van der Waals surface area contributed by atoms with E-state index >= 15 is 0 Å². The zero-order valence-electron chi connectivity index (χ0n) is 15.9. The number of nitrogens with zero attached hydrogens (tertiary/aromatic N) is 1. The van der Waals surface area contributed by atoms with Gasteiger partial charge in [-0.2, -0.15) is 0 Å². The second-order valence-electron chi connectivity index (χ2n) is 5.89. The molecule has 0 saturated carbocycles. The molecule has 0 aliphatic carbocycles. The Morgan fingerprint density at radius 1 is 1.00 bits per heavy atom. The molecule has 27 heavy (non-hydrogen) atoms. The smallest absolute Gasteiger partial charge is 0.325 e. The Kier molecular flexibility index (Phi) is 7.67. The summed E-state index contributed by atoms with van der Waals surface area (Å²) in [6, 6.07) is 14.8. The van der Waals surface area contributed by atoms with Gasteiger partial charge in [0.15, 0.2) is 0 Å². The first-order valence-electron chi connectivity index (χ1n) is 8.75. The number of ether oxygens (including phenoxy) is 3. The fourth-order valence-corrected chi connectivity index (χ4v) is 2.67. The lowest BCUT2D eigenvalue weighted by Gasteiger charge is -2.22. The molecule has 0 heterocycles. The predicted octanol–water partition coefficient (Wildman–Crippen LogP) is 2.84. The number of hydrogen-bond acceptors (Lipinski definition) is 5. The lowest BCUT2D eigenvalue weighted by Crippen LogP contribution is -2.37. The van der Waals surface area contributed by atoms with Crippen LogP contribution in [0, 0.1) is 0 Å². The van der Waals surface area contributed by atoms with Crippen LogP contribution < -0.4 is 9.47 Å². The highest BCUT2D eigenvalue weighted by Gasteiger charge is 2.20. The van der Waals surface area contributed by atoms with Gasteiger partial charge in [-0.25, -0.2) is 0 Å². The van der Waals surface area contributed by atoms with Gasteiger partial charge in [0.05, 0.1) is 27.2 Å². The minimum atomic E-state index is -0.427. The first kappa shape index (κ1) is 20.3. The summed E-state index contributed by atoms with van der Waals surface area (Å²) in [5, 5.41) is 0. The van der Waals surface area contributed by atoms with Crippen LogP contribution in [0.3, 0.4) is 0 Å². The van der Waals surface area contributed by atoms with Crippen molar-refractivity contribution in [1.29, 1.82) is 0 Å². The van der Waals surface area contributed by atoms with Crippen LogP contribution in [-0.4, -0.2) is 44.1 Å². The standard InChI is InChI=1S/C21H25NO5/c1-4-27-21(24)15-22(14-16-8-6-5-7-9-16)20(23)12-17-10-11-18(25-2)13-19(17)26-3/h5-11,13H,4,12,14-15H2,1-3H3. The number of carbonyl (C=O) groups is 2. The molecule has 1 amide bonds. The van der Waals surface area contributed by atoms with E-state index in [1.165, 1.54) is 4.90 Å². The van der Waals surface area contributed by atoms with E-state index in [9.17, 15) is 9.59 Å². The highest BCUT2D eigenvalue weighted by Crippen LogP contribution is 2.25. The maximum absolute atomic E-state index is 12.9. The van der Waals surface area contributed by atoms with Crippen molar-refractivity contribution in [1.82, 2.24) is 4.90 Å². The van der Waals surface area contributed by atoms with E-state index in [4.69, 9.17) is 14.2 Å². The fourth-order valence-electron chi connectivity index (χ4n) is 2.67. The number of hydrogen-bond donors (Lipinski definition) is 0. The normalized spacial score (nSPS) is 10.2. The van der Waals surface area contributed by atoms with Crippen LogP contribution in [0.5, 0.6) is 11.5 Å². The summed E-state index contributed by atoms with van der Waals surface area (Å²) in [7, 11) is 3.11. The average molecular weight is 371 g/mol. The number of benzene rings is 2. The topological polar surface area (TPSA) is 65.1 Å². The van der Waals surface area contributed by atoms with Crippen LogP contribution >= 0.6 is 0 Å². The summed E-state index contributed by atoms with van der Waals surface area (Å²) >= 11 is 0. The van der Waals surface area contributed by atoms with Crippen molar-refractivity contribution in [3.8, 4) is 11.5 Å². The zero-order chi connectivity index (χ0) is 19.6. The van der Waals surface area contributed by atoms with Crippen LogP contribution in [-0.2, 0) is 27.3 Å². The third-order valence-corrected chi connectivity index (χ3v) is 4.03. The Morgan fingerprint density at radius 3 is 2.37 bits per heavy atom. The Labute approximate surface area is 159 Å². The SMILES string of the molecule is CCOC(=O)CN(Cc1ccccc1)C(=O)Cc1ccc(OC)cc1OC. The van der Waals surface area contributed by atoms with Gasteiger partial charge in [0, 0.05) is 18.2 Å². The lowest BCUT2D eigenvalue weighted by molar-refractivity contribution is -0.149. The van der Waals surface area contributed by atoms with Crippen LogP contribution in [0.15, 0.2) is 48.5 Å². The molecule has 0 bridgehead atoms. The molecule has 2 aromatic rings. The van der Waals surface area contributed by atoms with Gasteiger partial charge in [0.25, 0.3) is 0 Å². The molecular weight excluding hydrogens is 346 g/mol. The summed E-state index contributed by atoms with van der Waals surface area (Å²) in [6.45, 7) is 2.25. The monoisotopic (exact) mass is 371 g/mol. The van der Waals surface area contributed by atoms with E-state index in [0.717, 1.165) is 11.1 Å². The van der Waals surface area contributed by atoms with Gasteiger partial charge in [-0.15, -0.1) is 0 Å². The van der Waals surface area contributed by atoms with E-state index in [1.807, 2.05) is 30.3 Å². The maximum Gasteiger partial charge on any atom is 0.325 e. The van der Waals surface area contributed by atoms with E-state index in [-0.39, 0.29) is 25.5 Å². The summed E-state index contributed by atoms with van der Waals surface area (Å²) in [4.78, 5) is 26.4. The number of carbonyl (C=O) groups excluding carboxylic acids is 2. The van der Waals surface area contributed by atoms with E-state index in [0.29, 0.717) is 18.0 Å². The fraction of sp³-hybridized carbons (Fsp3) is 0.333. The molecule has 144 valence electrons. The highest BCUT2D eigenvalue weighted by atomic mass is 16.5. The van der Waals surface area contributed by atoms with Gasteiger partial charge in [0.1, 0.15) is 18.0 Å². The lowest BCUT2D eigenvalue weighted by atomic mass is 10.1. The van der Waals surface area contributed by atoms with E-state index < -0.39 is 5.97 Å². The molecular formula is C21H25NO5. The third kappa shape index (κ3) is 6.02.